The first-order chi connectivity index (χ1) is 15.5. The summed E-state index contributed by atoms with van der Waals surface area (Å²) in [5.41, 5.74) is 1.64. The van der Waals surface area contributed by atoms with E-state index in [2.05, 4.69) is 22.9 Å². The number of nitriles is 1. The maximum Gasteiger partial charge on any atom is 0.271 e. The lowest BCUT2D eigenvalue weighted by Crippen LogP contribution is -2.45. The molecular formula is C24H22FN5O2. The van der Waals surface area contributed by atoms with Gasteiger partial charge in [-0.15, -0.1) is 0 Å². The van der Waals surface area contributed by atoms with Crippen molar-refractivity contribution in [2.75, 3.05) is 18.0 Å². The summed E-state index contributed by atoms with van der Waals surface area (Å²) in [4.78, 5) is 31.2. The molecule has 1 fully saturated rings. The van der Waals surface area contributed by atoms with Crippen molar-refractivity contribution >= 4 is 22.5 Å². The molecule has 1 aromatic carbocycles. The Kier molecular flexibility index (Phi) is 5.99. The van der Waals surface area contributed by atoms with Gasteiger partial charge in [0.15, 0.2) is 0 Å². The minimum Gasteiger partial charge on any atom is -0.370 e. The van der Waals surface area contributed by atoms with Gasteiger partial charge in [-0.2, -0.15) is 5.26 Å². The predicted octanol–water partition coefficient (Wildman–Crippen LogP) is 2.73. The Morgan fingerprint density at radius 1 is 1.28 bits per heavy atom. The normalized spacial score (nSPS) is 14.2. The molecule has 0 aliphatic carbocycles. The van der Waals surface area contributed by atoms with Gasteiger partial charge < -0.3 is 14.8 Å². The summed E-state index contributed by atoms with van der Waals surface area (Å²) in [5, 5.41) is 13.5. The standard InChI is InChI=1S/C24H22FN5O2/c1-2-22(31)28-18-8-11-29(12-9-18)23-19(13-26)24(32)30(21-7-10-27-14-20(21)23)15-16-3-5-17(25)6-4-16/h2-7,10,14,18H,1,8-9,11-12,15H2,(H,28,31). The molecule has 1 aliphatic rings. The number of piperidine rings is 1. The van der Waals surface area contributed by atoms with E-state index in [1.165, 1.54) is 22.8 Å². The van der Waals surface area contributed by atoms with Crippen molar-refractivity contribution in [1.82, 2.24) is 14.9 Å². The fraction of sp³-hybridized carbons (Fsp3) is 0.250. The monoisotopic (exact) mass is 431 g/mol. The van der Waals surface area contributed by atoms with E-state index in [0.717, 1.165) is 5.56 Å². The van der Waals surface area contributed by atoms with E-state index in [0.29, 0.717) is 42.5 Å². The Balaban J connectivity index is 1.74. The van der Waals surface area contributed by atoms with E-state index < -0.39 is 5.56 Å². The number of benzene rings is 1. The number of nitrogens with one attached hydrogen (secondary N) is 1. The summed E-state index contributed by atoms with van der Waals surface area (Å²) in [5.74, 6) is -0.560. The van der Waals surface area contributed by atoms with Crippen LogP contribution in [0, 0.1) is 17.1 Å². The minimum absolute atomic E-state index is 0.0190. The van der Waals surface area contributed by atoms with Crippen LogP contribution in [0.5, 0.6) is 0 Å². The summed E-state index contributed by atoms with van der Waals surface area (Å²) < 4.78 is 14.8. The number of aromatic nitrogens is 2. The molecule has 2 aromatic heterocycles. The van der Waals surface area contributed by atoms with Crippen LogP contribution in [-0.2, 0) is 11.3 Å². The fourth-order valence-corrected chi connectivity index (χ4v) is 4.15. The summed E-state index contributed by atoms with van der Waals surface area (Å²) in [6.07, 6.45) is 5.89. The molecular weight excluding hydrogens is 409 g/mol. The van der Waals surface area contributed by atoms with Crippen molar-refractivity contribution < 1.29 is 9.18 Å². The molecule has 0 saturated carbocycles. The van der Waals surface area contributed by atoms with Crippen LogP contribution in [0.1, 0.15) is 24.0 Å². The smallest absolute Gasteiger partial charge is 0.271 e. The van der Waals surface area contributed by atoms with E-state index in [1.54, 1.807) is 30.6 Å². The molecule has 1 N–H and O–H groups in total. The molecule has 32 heavy (non-hydrogen) atoms. The highest BCUT2D eigenvalue weighted by Gasteiger charge is 2.26. The lowest BCUT2D eigenvalue weighted by atomic mass is 10.0. The molecule has 0 atom stereocenters. The number of nitrogens with zero attached hydrogens (tertiary/aromatic N) is 4. The summed E-state index contributed by atoms with van der Waals surface area (Å²) in [6, 6.07) is 9.80. The van der Waals surface area contributed by atoms with Crippen molar-refractivity contribution in [3.8, 4) is 6.07 Å². The molecule has 1 amide bonds. The van der Waals surface area contributed by atoms with Gasteiger partial charge in [-0.3, -0.25) is 14.6 Å². The number of amides is 1. The molecule has 4 rings (SSSR count). The van der Waals surface area contributed by atoms with E-state index >= 15 is 0 Å². The van der Waals surface area contributed by atoms with Crippen molar-refractivity contribution in [2.24, 2.45) is 0 Å². The number of anilines is 1. The average molecular weight is 431 g/mol. The lowest BCUT2D eigenvalue weighted by molar-refractivity contribution is -0.117. The molecule has 3 aromatic rings. The molecule has 0 radical (unpaired) electrons. The maximum absolute atomic E-state index is 13.3. The number of pyridine rings is 2. The Morgan fingerprint density at radius 3 is 2.66 bits per heavy atom. The van der Waals surface area contributed by atoms with Gasteiger partial charge in [0.05, 0.1) is 17.7 Å². The maximum atomic E-state index is 13.3. The van der Waals surface area contributed by atoms with E-state index in [1.807, 2.05) is 4.90 Å². The van der Waals surface area contributed by atoms with Crippen molar-refractivity contribution in [1.29, 1.82) is 5.26 Å². The van der Waals surface area contributed by atoms with E-state index in [4.69, 9.17) is 0 Å². The van der Waals surface area contributed by atoms with Crippen molar-refractivity contribution in [3.05, 3.63) is 82.7 Å². The molecule has 0 spiro atoms. The summed E-state index contributed by atoms with van der Waals surface area (Å²) >= 11 is 0. The predicted molar refractivity (Wildman–Crippen MR) is 120 cm³/mol. The fourth-order valence-electron chi connectivity index (χ4n) is 4.15. The van der Waals surface area contributed by atoms with E-state index in [9.17, 15) is 19.2 Å². The number of carbonyl (C=O) groups is 1. The number of carbonyl (C=O) groups excluding carboxylic acids is 1. The largest absolute Gasteiger partial charge is 0.370 e. The zero-order valence-corrected chi connectivity index (χ0v) is 17.4. The first-order valence-corrected chi connectivity index (χ1v) is 10.3. The molecule has 162 valence electrons. The zero-order valence-electron chi connectivity index (χ0n) is 17.4. The first kappa shape index (κ1) is 21.2. The molecule has 1 saturated heterocycles. The number of fused-ring (bicyclic) bond motifs is 1. The van der Waals surface area contributed by atoms with Crippen molar-refractivity contribution in [3.63, 3.8) is 0 Å². The van der Waals surface area contributed by atoms with Crippen molar-refractivity contribution in [2.45, 2.75) is 25.4 Å². The molecule has 7 nitrogen and oxygen atoms in total. The highest BCUT2D eigenvalue weighted by molar-refractivity contribution is 5.94. The van der Waals surface area contributed by atoms with Gasteiger partial charge in [-0.1, -0.05) is 18.7 Å². The van der Waals surface area contributed by atoms with E-state index in [-0.39, 0.29) is 29.9 Å². The third-order valence-corrected chi connectivity index (χ3v) is 5.75. The van der Waals surface area contributed by atoms with Gasteiger partial charge in [0.25, 0.3) is 5.56 Å². The Bertz CT molecular complexity index is 1270. The van der Waals surface area contributed by atoms with Gasteiger partial charge in [-0.05, 0) is 42.7 Å². The van der Waals surface area contributed by atoms with Gasteiger partial charge in [-0.25, -0.2) is 4.39 Å². The first-order valence-electron chi connectivity index (χ1n) is 10.3. The Hall–Kier alpha value is -3.99. The molecule has 0 bridgehead atoms. The van der Waals surface area contributed by atoms with Crippen LogP contribution >= 0.6 is 0 Å². The van der Waals surface area contributed by atoms with Gasteiger partial charge in [0.2, 0.25) is 5.91 Å². The molecule has 0 unspecified atom stereocenters. The van der Waals surface area contributed by atoms with Crippen LogP contribution in [0.15, 0.2) is 60.2 Å². The molecule has 3 heterocycles. The lowest BCUT2D eigenvalue weighted by Gasteiger charge is -2.35. The van der Waals surface area contributed by atoms with Crippen LogP contribution in [0.4, 0.5) is 10.1 Å². The number of rotatable bonds is 5. The minimum atomic E-state index is -0.396. The molecule has 1 aliphatic heterocycles. The van der Waals surface area contributed by atoms with Crippen LogP contribution < -0.4 is 15.8 Å². The zero-order chi connectivity index (χ0) is 22.7. The van der Waals surface area contributed by atoms with Crippen LogP contribution in [0.3, 0.4) is 0 Å². The third kappa shape index (κ3) is 4.10. The second-order valence-corrected chi connectivity index (χ2v) is 7.72. The second kappa shape index (κ2) is 9.02. The van der Waals surface area contributed by atoms with Crippen LogP contribution in [0.25, 0.3) is 10.9 Å². The highest BCUT2D eigenvalue weighted by atomic mass is 19.1. The van der Waals surface area contributed by atoms with Crippen LogP contribution in [-0.4, -0.2) is 34.6 Å². The third-order valence-electron chi connectivity index (χ3n) is 5.75. The summed E-state index contributed by atoms with van der Waals surface area (Å²) in [6.45, 7) is 4.86. The number of hydrogen-bond donors (Lipinski definition) is 1. The van der Waals surface area contributed by atoms with Gasteiger partial charge in [0.1, 0.15) is 17.4 Å². The quantitative estimate of drug-likeness (QED) is 0.628. The summed E-state index contributed by atoms with van der Waals surface area (Å²) in [7, 11) is 0. The van der Waals surface area contributed by atoms with Gasteiger partial charge in [0, 0.05) is 36.9 Å². The number of hydrogen-bond acceptors (Lipinski definition) is 5. The second-order valence-electron chi connectivity index (χ2n) is 7.72. The topological polar surface area (TPSA) is 91.0 Å². The average Bonchev–Trinajstić information content (AvgIpc) is 2.82. The SMILES string of the molecule is C=CC(=O)NC1CCN(c2c(C#N)c(=O)n(Cc3ccc(F)cc3)c3ccncc23)CC1. The Morgan fingerprint density at radius 2 is 2.00 bits per heavy atom. The highest BCUT2D eigenvalue weighted by Crippen LogP contribution is 2.30. The Labute approximate surface area is 184 Å². The number of halogens is 1. The van der Waals surface area contributed by atoms with Crippen LogP contribution in [0.2, 0.25) is 0 Å². The van der Waals surface area contributed by atoms with Gasteiger partial charge >= 0.3 is 0 Å². The molecule has 8 heteroatoms.